The second-order valence-corrected chi connectivity index (χ2v) is 9.43. The Morgan fingerprint density at radius 1 is 1.15 bits per heavy atom. The minimum absolute atomic E-state index is 0.0195. The standard InChI is InChI=1S/C25H24ClN7O5S/c1-14(2)16-8-9-20(29-13-16)33(39(35)36)25-21(38-19-7-5-4-6-18(19)37-3)22(26)30-24(31-25)15-10-11-28-17(12-15)23(27)32-34/h4-14,34H,1-3H3,(H2,27,32)(H,35,36)/p-1. The largest absolute Gasteiger partial charge is 0.755 e. The number of oxime groups is 1. The lowest BCUT2D eigenvalue weighted by atomic mass is 10.1. The van der Waals surface area contributed by atoms with Gasteiger partial charge in [0.2, 0.25) is 5.75 Å². The third-order valence-electron chi connectivity index (χ3n) is 5.46. The van der Waals surface area contributed by atoms with Crippen LogP contribution in [0.1, 0.15) is 31.0 Å². The molecule has 4 rings (SSSR count). The molecule has 0 aliphatic rings. The molecular weight excluding hydrogens is 546 g/mol. The number of nitrogens with zero attached hydrogens (tertiary/aromatic N) is 6. The number of amidine groups is 1. The van der Waals surface area contributed by atoms with Crippen LogP contribution in [-0.2, 0) is 11.3 Å². The molecule has 3 N–H and O–H groups in total. The van der Waals surface area contributed by atoms with Gasteiger partial charge in [0.05, 0.1) is 18.4 Å². The number of hydrogen-bond acceptors (Lipinski definition) is 10. The van der Waals surface area contributed by atoms with Gasteiger partial charge in [-0.2, -0.15) is 0 Å². The highest BCUT2D eigenvalue weighted by Gasteiger charge is 2.26. The molecule has 12 nitrogen and oxygen atoms in total. The van der Waals surface area contributed by atoms with E-state index in [9.17, 15) is 8.76 Å². The first kappa shape index (κ1) is 27.7. The van der Waals surface area contributed by atoms with E-state index >= 15 is 0 Å². The van der Waals surface area contributed by atoms with E-state index in [1.54, 1.807) is 48.7 Å². The Bertz CT molecular complexity index is 1540. The first-order chi connectivity index (χ1) is 18.7. The van der Waals surface area contributed by atoms with Crippen LogP contribution in [0.3, 0.4) is 0 Å². The van der Waals surface area contributed by atoms with Crippen molar-refractivity contribution in [2.45, 2.75) is 19.8 Å². The highest BCUT2D eigenvalue weighted by molar-refractivity contribution is 7.81. The molecule has 0 spiro atoms. The van der Waals surface area contributed by atoms with Crippen molar-refractivity contribution in [2.24, 2.45) is 10.9 Å². The number of anilines is 2. The monoisotopic (exact) mass is 568 g/mol. The summed E-state index contributed by atoms with van der Waals surface area (Å²) >= 11 is 3.69. The number of rotatable bonds is 9. The van der Waals surface area contributed by atoms with Crippen LogP contribution in [-0.4, -0.2) is 46.9 Å². The van der Waals surface area contributed by atoms with Crippen LogP contribution in [0.5, 0.6) is 17.2 Å². The van der Waals surface area contributed by atoms with Crippen molar-refractivity contribution in [1.82, 2.24) is 19.9 Å². The zero-order valence-corrected chi connectivity index (χ0v) is 22.6. The summed E-state index contributed by atoms with van der Waals surface area (Å²) in [4.78, 5) is 17.2. The van der Waals surface area contributed by atoms with Crippen molar-refractivity contribution in [3.8, 4) is 28.6 Å². The number of ether oxygens (including phenoxy) is 2. The van der Waals surface area contributed by atoms with Gasteiger partial charge in [0.25, 0.3) is 0 Å². The molecule has 3 aromatic heterocycles. The molecule has 1 aromatic carbocycles. The predicted molar refractivity (Wildman–Crippen MR) is 145 cm³/mol. The van der Waals surface area contributed by atoms with Gasteiger partial charge in [-0.25, -0.2) is 19.3 Å². The van der Waals surface area contributed by atoms with Crippen LogP contribution in [0.4, 0.5) is 11.6 Å². The number of pyridine rings is 2. The molecule has 0 aliphatic heterocycles. The maximum absolute atomic E-state index is 12.6. The fraction of sp³-hybridized carbons (Fsp3) is 0.160. The summed E-state index contributed by atoms with van der Waals surface area (Å²) in [5.41, 5.74) is 7.09. The van der Waals surface area contributed by atoms with Gasteiger partial charge >= 0.3 is 0 Å². The molecule has 4 aromatic rings. The van der Waals surface area contributed by atoms with E-state index in [0.717, 1.165) is 9.87 Å². The molecule has 3 heterocycles. The van der Waals surface area contributed by atoms with Crippen molar-refractivity contribution in [2.75, 3.05) is 11.4 Å². The maximum Gasteiger partial charge on any atom is 0.208 e. The summed E-state index contributed by atoms with van der Waals surface area (Å²) < 4.78 is 37.5. The molecule has 0 bridgehead atoms. The first-order valence-corrected chi connectivity index (χ1v) is 12.8. The fourth-order valence-electron chi connectivity index (χ4n) is 3.46. The Kier molecular flexibility index (Phi) is 8.54. The van der Waals surface area contributed by atoms with Gasteiger partial charge in [-0.1, -0.05) is 48.8 Å². The second kappa shape index (κ2) is 12.0. The Labute approximate surface area is 231 Å². The lowest BCUT2D eigenvalue weighted by Gasteiger charge is -2.27. The van der Waals surface area contributed by atoms with Crippen molar-refractivity contribution in [3.63, 3.8) is 0 Å². The number of para-hydroxylation sites is 2. The normalized spacial score (nSPS) is 12.3. The molecule has 0 amide bonds. The molecule has 0 fully saturated rings. The average molecular weight is 569 g/mol. The van der Waals surface area contributed by atoms with Crippen LogP contribution in [0, 0.1) is 0 Å². The minimum atomic E-state index is -2.91. The quantitative estimate of drug-likeness (QED) is 0.0728. The Balaban J connectivity index is 1.94. The van der Waals surface area contributed by atoms with Crippen LogP contribution in [0.2, 0.25) is 5.15 Å². The van der Waals surface area contributed by atoms with Gasteiger partial charge in [-0.3, -0.25) is 9.19 Å². The third-order valence-corrected chi connectivity index (χ3v) is 6.38. The van der Waals surface area contributed by atoms with Crippen molar-refractivity contribution < 1.29 is 23.4 Å². The number of halogens is 1. The minimum Gasteiger partial charge on any atom is -0.755 e. The van der Waals surface area contributed by atoms with Crippen LogP contribution in [0.25, 0.3) is 11.4 Å². The van der Waals surface area contributed by atoms with Crippen molar-refractivity contribution in [1.29, 1.82) is 0 Å². The summed E-state index contributed by atoms with van der Waals surface area (Å²) in [5, 5.41) is 11.8. The first-order valence-electron chi connectivity index (χ1n) is 11.4. The second-order valence-electron chi connectivity index (χ2n) is 8.27. The number of aromatic nitrogens is 4. The molecular formula is C25H23ClN7O5S-. The zero-order valence-electron chi connectivity index (χ0n) is 21.0. The van der Waals surface area contributed by atoms with E-state index in [0.29, 0.717) is 11.3 Å². The Hall–Kier alpha value is -4.33. The molecule has 0 saturated heterocycles. The highest BCUT2D eigenvalue weighted by Crippen LogP contribution is 2.43. The lowest BCUT2D eigenvalue weighted by Crippen LogP contribution is -2.23. The topological polar surface area (TPSA) is 172 Å². The van der Waals surface area contributed by atoms with Gasteiger partial charge < -0.3 is 25.0 Å². The third kappa shape index (κ3) is 6.06. The van der Waals surface area contributed by atoms with E-state index < -0.39 is 11.3 Å². The molecule has 0 aliphatic carbocycles. The summed E-state index contributed by atoms with van der Waals surface area (Å²) in [6.45, 7) is 3.99. The van der Waals surface area contributed by atoms with E-state index in [1.165, 1.54) is 19.4 Å². The SMILES string of the molecule is COc1ccccc1Oc1c(Cl)nc(-c2ccnc(C(N)=NO)c2)nc1N(c1ccc(C(C)C)cn1)S(=O)[O-]. The van der Waals surface area contributed by atoms with Gasteiger partial charge in [0.1, 0.15) is 11.5 Å². The van der Waals surface area contributed by atoms with E-state index in [4.69, 9.17) is 32.0 Å². The van der Waals surface area contributed by atoms with E-state index in [1.807, 2.05) is 13.8 Å². The summed E-state index contributed by atoms with van der Waals surface area (Å²) in [5.74, 6) is 0.254. The molecule has 14 heteroatoms. The Morgan fingerprint density at radius 3 is 2.51 bits per heavy atom. The molecule has 1 atom stereocenters. The van der Waals surface area contributed by atoms with E-state index in [2.05, 4.69) is 25.1 Å². The summed E-state index contributed by atoms with van der Waals surface area (Å²) in [7, 11) is 1.46. The van der Waals surface area contributed by atoms with Crippen LogP contribution in [0.15, 0.2) is 66.1 Å². The summed E-state index contributed by atoms with van der Waals surface area (Å²) in [6, 6.07) is 13.1. The number of methoxy groups -OCH3 is 1. The number of benzene rings is 1. The average Bonchev–Trinajstić information content (AvgIpc) is 2.94. The molecule has 1 unspecified atom stereocenters. The highest BCUT2D eigenvalue weighted by atomic mass is 35.5. The van der Waals surface area contributed by atoms with Gasteiger partial charge in [-0.05, 0) is 41.8 Å². The molecule has 0 radical (unpaired) electrons. The summed E-state index contributed by atoms with van der Waals surface area (Å²) in [6.07, 6.45) is 2.98. The van der Waals surface area contributed by atoms with Gasteiger partial charge in [0.15, 0.2) is 34.1 Å². The van der Waals surface area contributed by atoms with Crippen molar-refractivity contribution >= 4 is 40.3 Å². The zero-order chi connectivity index (χ0) is 28.1. The molecule has 0 saturated carbocycles. The lowest BCUT2D eigenvalue weighted by molar-refractivity contribution is 0.318. The molecule has 202 valence electrons. The molecule has 39 heavy (non-hydrogen) atoms. The number of nitrogens with two attached hydrogens (primary N) is 1. The Morgan fingerprint density at radius 2 is 1.90 bits per heavy atom. The van der Waals surface area contributed by atoms with Crippen molar-refractivity contribution in [3.05, 3.63) is 77.3 Å². The fourth-order valence-corrected chi connectivity index (χ4v) is 4.18. The van der Waals surface area contributed by atoms with Crippen LogP contribution >= 0.6 is 11.6 Å². The van der Waals surface area contributed by atoms with Crippen LogP contribution < -0.4 is 19.5 Å². The van der Waals surface area contributed by atoms with E-state index in [-0.39, 0.29) is 51.6 Å². The maximum atomic E-state index is 12.6. The van der Waals surface area contributed by atoms with Gasteiger partial charge in [-0.15, -0.1) is 0 Å². The number of hydrogen-bond donors (Lipinski definition) is 2. The predicted octanol–water partition coefficient (Wildman–Crippen LogP) is 4.54. The smallest absolute Gasteiger partial charge is 0.208 e. The van der Waals surface area contributed by atoms with Gasteiger partial charge in [0, 0.05) is 18.0 Å².